The Balaban J connectivity index is 1.56. The van der Waals surface area contributed by atoms with Crippen LogP contribution < -0.4 is 20.1 Å². The highest BCUT2D eigenvalue weighted by Gasteiger charge is 2.25. The van der Waals surface area contributed by atoms with Crippen molar-refractivity contribution in [2.45, 2.75) is 38.8 Å². The number of amides is 1. The van der Waals surface area contributed by atoms with Gasteiger partial charge in [0.15, 0.2) is 17.5 Å². The number of aliphatic imine (C=N–C) groups is 1. The van der Waals surface area contributed by atoms with Gasteiger partial charge in [0.25, 0.3) is 0 Å². The predicted molar refractivity (Wildman–Crippen MR) is 106 cm³/mol. The molecule has 1 fully saturated rings. The number of fused-ring (bicyclic) bond motifs is 1. The smallest absolute Gasteiger partial charge is 0.222 e. The molecule has 1 amide bonds. The number of hydrogen-bond acceptors (Lipinski definition) is 4. The van der Waals surface area contributed by atoms with Gasteiger partial charge >= 0.3 is 0 Å². The Morgan fingerprint density at radius 1 is 1.37 bits per heavy atom. The molecule has 8 heteroatoms. The second kappa shape index (κ2) is 9.17. The molecule has 148 valence electrons. The number of rotatable bonds is 4. The van der Waals surface area contributed by atoms with E-state index in [1.54, 1.807) is 7.05 Å². The first-order valence-electron chi connectivity index (χ1n) is 9.43. The lowest BCUT2D eigenvalue weighted by Gasteiger charge is -2.19. The molecular formula is C19H27ClN4O3. The van der Waals surface area contributed by atoms with Gasteiger partial charge in [-0.1, -0.05) is 18.5 Å². The van der Waals surface area contributed by atoms with Crippen LogP contribution in [0, 0.1) is 0 Å². The fraction of sp³-hybridized carbons (Fsp3) is 0.579. The Bertz CT molecular complexity index is 710. The van der Waals surface area contributed by atoms with E-state index in [9.17, 15) is 4.79 Å². The van der Waals surface area contributed by atoms with Crippen LogP contribution >= 0.6 is 11.6 Å². The Kier molecular flexibility index (Phi) is 6.66. The lowest BCUT2D eigenvalue weighted by Crippen LogP contribution is -2.44. The van der Waals surface area contributed by atoms with Crippen LogP contribution in [0.15, 0.2) is 17.1 Å². The van der Waals surface area contributed by atoms with Crippen LogP contribution in [0.25, 0.3) is 0 Å². The molecule has 1 unspecified atom stereocenters. The third kappa shape index (κ3) is 4.97. The summed E-state index contributed by atoms with van der Waals surface area (Å²) in [5.41, 5.74) is 0.987. The number of ether oxygens (including phenoxy) is 2. The number of benzene rings is 1. The number of nitrogens with zero attached hydrogens (tertiary/aromatic N) is 2. The first-order valence-corrected chi connectivity index (χ1v) is 9.81. The molecule has 1 aromatic rings. The number of carbonyl (C=O) groups is 1. The standard InChI is InChI=1S/C19H27ClN4O3/c1-3-17(25)24-6-5-14(12-24)23-19(21-2)22-11-13-9-15(20)18-16(10-13)26-7-4-8-27-18/h9-10,14H,3-8,11-12H2,1-2H3,(H2,21,22,23). The van der Waals surface area contributed by atoms with Crippen molar-refractivity contribution in [2.75, 3.05) is 33.4 Å². The average molecular weight is 395 g/mol. The molecular weight excluding hydrogens is 368 g/mol. The Labute approximate surface area is 165 Å². The summed E-state index contributed by atoms with van der Waals surface area (Å²) in [5.74, 6) is 2.20. The summed E-state index contributed by atoms with van der Waals surface area (Å²) in [6, 6.07) is 4.04. The van der Waals surface area contributed by atoms with Gasteiger partial charge in [-0.05, 0) is 24.1 Å². The third-order valence-electron chi connectivity index (χ3n) is 4.73. The van der Waals surface area contributed by atoms with Gasteiger partial charge in [0, 0.05) is 45.6 Å². The van der Waals surface area contributed by atoms with E-state index in [1.165, 1.54) is 0 Å². The third-order valence-corrected chi connectivity index (χ3v) is 5.01. The van der Waals surface area contributed by atoms with E-state index < -0.39 is 0 Å². The summed E-state index contributed by atoms with van der Waals surface area (Å²) < 4.78 is 11.4. The molecule has 1 aromatic carbocycles. The van der Waals surface area contributed by atoms with Crippen LogP contribution in [0.1, 0.15) is 31.7 Å². The molecule has 0 aromatic heterocycles. The quantitative estimate of drug-likeness (QED) is 0.604. The second-order valence-electron chi connectivity index (χ2n) is 6.70. The normalized spacial score (nSPS) is 19.6. The molecule has 0 bridgehead atoms. The molecule has 0 saturated carbocycles. The predicted octanol–water partition coefficient (Wildman–Crippen LogP) is 2.18. The topological polar surface area (TPSA) is 75.2 Å². The van der Waals surface area contributed by atoms with Crippen LogP contribution in [0.5, 0.6) is 11.5 Å². The number of carbonyl (C=O) groups excluding carboxylic acids is 1. The van der Waals surface area contributed by atoms with Crippen molar-refractivity contribution >= 4 is 23.5 Å². The summed E-state index contributed by atoms with van der Waals surface area (Å²) in [6.07, 6.45) is 2.31. The average Bonchev–Trinajstić information content (AvgIpc) is 3.00. The van der Waals surface area contributed by atoms with Crippen molar-refractivity contribution in [1.82, 2.24) is 15.5 Å². The number of likely N-dealkylation sites (tertiary alicyclic amines) is 1. The van der Waals surface area contributed by atoms with Crippen LogP contribution in [0.3, 0.4) is 0 Å². The molecule has 2 aliphatic rings. The summed E-state index contributed by atoms with van der Waals surface area (Å²) in [5, 5.41) is 7.24. The number of hydrogen-bond donors (Lipinski definition) is 2. The van der Waals surface area contributed by atoms with E-state index in [4.69, 9.17) is 21.1 Å². The first kappa shape index (κ1) is 19.6. The molecule has 1 atom stereocenters. The van der Waals surface area contributed by atoms with E-state index in [1.807, 2.05) is 24.0 Å². The molecule has 0 aliphatic carbocycles. The van der Waals surface area contributed by atoms with Crippen LogP contribution in [0.4, 0.5) is 0 Å². The SMILES string of the molecule is CCC(=O)N1CCC(NC(=NC)NCc2cc(Cl)c3c(c2)OCCCO3)C1. The summed E-state index contributed by atoms with van der Waals surface area (Å²) in [6.45, 7) is 5.19. The van der Waals surface area contributed by atoms with Gasteiger partial charge in [-0.15, -0.1) is 0 Å². The van der Waals surface area contributed by atoms with Crippen molar-refractivity contribution in [3.8, 4) is 11.5 Å². The highest BCUT2D eigenvalue weighted by Crippen LogP contribution is 2.37. The number of halogens is 1. The van der Waals surface area contributed by atoms with Crippen molar-refractivity contribution < 1.29 is 14.3 Å². The van der Waals surface area contributed by atoms with E-state index in [-0.39, 0.29) is 11.9 Å². The second-order valence-corrected chi connectivity index (χ2v) is 7.11. The van der Waals surface area contributed by atoms with E-state index in [0.29, 0.717) is 55.2 Å². The highest BCUT2D eigenvalue weighted by molar-refractivity contribution is 6.32. The van der Waals surface area contributed by atoms with Gasteiger partial charge in [-0.25, -0.2) is 0 Å². The molecule has 2 aliphatic heterocycles. The molecule has 2 heterocycles. The van der Waals surface area contributed by atoms with Crippen LogP contribution in [-0.4, -0.2) is 56.2 Å². The zero-order valence-corrected chi connectivity index (χ0v) is 16.6. The van der Waals surface area contributed by atoms with Crippen LogP contribution in [-0.2, 0) is 11.3 Å². The van der Waals surface area contributed by atoms with Gasteiger partial charge < -0.3 is 25.0 Å². The zero-order chi connectivity index (χ0) is 19.2. The fourth-order valence-corrected chi connectivity index (χ4v) is 3.58. The minimum atomic E-state index is 0.198. The fourth-order valence-electron chi connectivity index (χ4n) is 3.29. The maximum Gasteiger partial charge on any atom is 0.222 e. The van der Waals surface area contributed by atoms with E-state index in [2.05, 4.69) is 15.6 Å². The monoisotopic (exact) mass is 394 g/mol. The molecule has 7 nitrogen and oxygen atoms in total. The van der Waals surface area contributed by atoms with Crippen molar-refractivity contribution in [3.63, 3.8) is 0 Å². The van der Waals surface area contributed by atoms with Gasteiger partial charge in [-0.3, -0.25) is 9.79 Å². The van der Waals surface area contributed by atoms with Gasteiger partial charge in [0.2, 0.25) is 5.91 Å². The molecule has 0 radical (unpaired) electrons. The Morgan fingerprint density at radius 2 is 2.19 bits per heavy atom. The summed E-state index contributed by atoms with van der Waals surface area (Å²) in [4.78, 5) is 18.0. The van der Waals surface area contributed by atoms with Crippen LogP contribution in [0.2, 0.25) is 5.02 Å². The largest absolute Gasteiger partial charge is 0.489 e. The van der Waals surface area contributed by atoms with Gasteiger partial charge in [0.05, 0.1) is 18.2 Å². The van der Waals surface area contributed by atoms with Crippen molar-refractivity contribution in [2.24, 2.45) is 4.99 Å². The molecule has 3 rings (SSSR count). The zero-order valence-electron chi connectivity index (χ0n) is 15.9. The van der Waals surface area contributed by atoms with E-state index >= 15 is 0 Å². The lowest BCUT2D eigenvalue weighted by atomic mass is 10.2. The molecule has 27 heavy (non-hydrogen) atoms. The maximum atomic E-state index is 11.8. The molecule has 2 N–H and O–H groups in total. The first-order chi connectivity index (χ1) is 13.1. The maximum absolute atomic E-state index is 11.8. The summed E-state index contributed by atoms with van der Waals surface area (Å²) >= 11 is 6.35. The highest BCUT2D eigenvalue weighted by atomic mass is 35.5. The van der Waals surface area contributed by atoms with Crippen molar-refractivity contribution in [3.05, 3.63) is 22.7 Å². The minimum Gasteiger partial charge on any atom is -0.489 e. The number of guanidine groups is 1. The lowest BCUT2D eigenvalue weighted by molar-refractivity contribution is -0.129. The Morgan fingerprint density at radius 3 is 2.96 bits per heavy atom. The van der Waals surface area contributed by atoms with E-state index in [0.717, 1.165) is 24.9 Å². The summed E-state index contributed by atoms with van der Waals surface area (Å²) in [7, 11) is 1.74. The van der Waals surface area contributed by atoms with Gasteiger partial charge in [0.1, 0.15) is 0 Å². The van der Waals surface area contributed by atoms with Crippen molar-refractivity contribution in [1.29, 1.82) is 0 Å². The van der Waals surface area contributed by atoms with Gasteiger partial charge in [-0.2, -0.15) is 0 Å². The molecule has 1 saturated heterocycles. The molecule has 0 spiro atoms. The Hall–Kier alpha value is -2.15. The minimum absolute atomic E-state index is 0.198. The number of nitrogens with one attached hydrogen (secondary N) is 2.